The molecule has 0 saturated carbocycles. The number of fused-ring (bicyclic) bond motifs is 2. The maximum Gasteiger partial charge on any atom is 0.349 e. The standard InChI is InChI=1S/C17H19N3O7/c21-7-13(24)14(25)12(23)3-4-20-11-6-9(22)2-1-8(11)5-10-15(20)18-17(27)19-16(10)26/h1-2,5-6,12-14,21-25H,3-4,7H2,(H,19,26,27)/t12-,13+,14-/m0/s1. The van der Waals surface area contributed by atoms with E-state index in [0.29, 0.717) is 10.9 Å². The number of aromatic hydroxyl groups is 1. The van der Waals surface area contributed by atoms with Crippen LogP contribution in [-0.4, -0.2) is 65.0 Å². The van der Waals surface area contributed by atoms with Crippen LogP contribution in [0.4, 0.5) is 0 Å². The molecule has 0 bridgehead atoms. The minimum Gasteiger partial charge on any atom is -0.508 e. The Balaban J connectivity index is 2.09. The number of aromatic nitrogens is 3. The number of nitrogens with zero attached hydrogens (tertiary/aromatic N) is 2. The molecule has 0 saturated heterocycles. The number of rotatable bonds is 6. The summed E-state index contributed by atoms with van der Waals surface area (Å²) < 4.78 is 1.47. The Morgan fingerprint density at radius 3 is 2.56 bits per heavy atom. The number of pyridine rings is 1. The fourth-order valence-electron chi connectivity index (χ4n) is 2.97. The highest BCUT2D eigenvalue weighted by Gasteiger charge is 2.25. The fourth-order valence-corrected chi connectivity index (χ4v) is 2.97. The second-order valence-electron chi connectivity index (χ2n) is 6.24. The molecule has 0 fully saturated rings. The summed E-state index contributed by atoms with van der Waals surface area (Å²) in [6, 6.07) is 5.99. The lowest BCUT2D eigenvalue weighted by Crippen LogP contribution is -2.40. The third-order valence-electron chi connectivity index (χ3n) is 4.40. The van der Waals surface area contributed by atoms with E-state index in [1.807, 2.05) is 0 Å². The van der Waals surface area contributed by atoms with Gasteiger partial charge in [0.1, 0.15) is 18.0 Å². The first-order valence-corrected chi connectivity index (χ1v) is 8.23. The van der Waals surface area contributed by atoms with E-state index < -0.39 is 36.2 Å². The van der Waals surface area contributed by atoms with E-state index in [1.54, 1.807) is 6.07 Å². The lowest BCUT2D eigenvalue weighted by atomic mass is 10.0. The zero-order valence-electron chi connectivity index (χ0n) is 14.1. The van der Waals surface area contributed by atoms with Gasteiger partial charge in [-0.2, -0.15) is 4.98 Å². The monoisotopic (exact) mass is 377 g/mol. The first-order valence-electron chi connectivity index (χ1n) is 8.23. The van der Waals surface area contributed by atoms with Crippen molar-refractivity contribution < 1.29 is 25.5 Å². The highest BCUT2D eigenvalue weighted by molar-refractivity contribution is 5.86. The first-order chi connectivity index (χ1) is 12.8. The van der Waals surface area contributed by atoms with Crippen molar-refractivity contribution in [3.8, 4) is 17.1 Å². The van der Waals surface area contributed by atoms with Gasteiger partial charge in [-0.05, 0) is 30.0 Å². The van der Waals surface area contributed by atoms with Crippen LogP contribution in [0.3, 0.4) is 0 Å². The molecule has 10 heteroatoms. The van der Waals surface area contributed by atoms with Crippen molar-refractivity contribution in [1.29, 1.82) is 0 Å². The summed E-state index contributed by atoms with van der Waals surface area (Å²) >= 11 is 0. The number of aryl methyl sites for hydroxylation is 1. The lowest BCUT2D eigenvalue weighted by Gasteiger charge is -2.23. The van der Waals surface area contributed by atoms with Crippen LogP contribution < -0.4 is 11.2 Å². The molecule has 3 atom stereocenters. The van der Waals surface area contributed by atoms with Gasteiger partial charge in [0.05, 0.1) is 23.8 Å². The smallest absolute Gasteiger partial charge is 0.349 e. The number of benzene rings is 1. The van der Waals surface area contributed by atoms with Crippen molar-refractivity contribution in [2.45, 2.75) is 31.3 Å². The maximum atomic E-state index is 12.1. The molecule has 0 amide bonds. The number of nitrogens with one attached hydrogen (secondary N) is 1. The minimum atomic E-state index is -1.57. The third-order valence-corrected chi connectivity index (χ3v) is 4.40. The van der Waals surface area contributed by atoms with Gasteiger partial charge in [-0.1, -0.05) is 0 Å². The number of H-pyrrole nitrogens is 1. The Morgan fingerprint density at radius 1 is 1.11 bits per heavy atom. The SMILES string of the molecule is O=c1nc2n(CC[C@H](O)[C@H](O)[C@H](O)CO)c3cc(O)ccc3cc-2c(=O)[nH]1. The summed E-state index contributed by atoms with van der Waals surface area (Å²) in [5, 5.41) is 48.6. The molecule has 6 N–H and O–H groups in total. The van der Waals surface area contributed by atoms with Crippen molar-refractivity contribution in [2.24, 2.45) is 0 Å². The number of phenols is 1. The average Bonchev–Trinajstić information content (AvgIpc) is 2.64. The molecule has 0 aromatic heterocycles. The Morgan fingerprint density at radius 2 is 1.85 bits per heavy atom. The van der Waals surface area contributed by atoms with Crippen LogP contribution in [0.1, 0.15) is 6.42 Å². The van der Waals surface area contributed by atoms with Crippen LogP contribution in [-0.2, 0) is 6.54 Å². The van der Waals surface area contributed by atoms with Crippen LogP contribution in [0, 0.1) is 0 Å². The summed E-state index contributed by atoms with van der Waals surface area (Å²) in [6.07, 6.45) is -4.53. The number of hydrogen-bond donors (Lipinski definition) is 6. The van der Waals surface area contributed by atoms with E-state index in [4.69, 9.17) is 5.11 Å². The Labute approximate surface area is 152 Å². The van der Waals surface area contributed by atoms with E-state index in [9.17, 15) is 30.0 Å². The molecule has 3 rings (SSSR count). The average molecular weight is 377 g/mol. The first kappa shape index (κ1) is 19.0. The second kappa shape index (κ2) is 7.45. The van der Waals surface area contributed by atoms with Crippen LogP contribution in [0.5, 0.6) is 5.75 Å². The largest absolute Gasteiger partial charge is 0.508 e. The molecule has 0 spiro atoms. The van der Waals surface area contributed by atoms with E-state index >= 15 is 0 Å². The summed E-state index contributed by atoms with van der Waals surface area (Å²) in [7, 11) is 0. The van der Waals surface area contributed by atoms with Crippen LogP contribution in [0.2, 0.25) is 0 Å². The van der Waals surface area contributed by atoms with Crippen LogP contribution >= 0.6 is 0 Å². The summed E-state index contributed by atoms with van der Waals surface area (Å²) in [5.41, 5.74) is -0.843. The molecule has 2 heterocycles. The van der Waals surface area contributed by atoms with Crippen molar-refractivity contribution in [2.75, 3.05) is 6.61 Å². The van der Waals surface area contributed by atoms with Gasteiger partial charge in [-0.15, -0.1) is 0 Å². The van der Waals surface area contributed by atoms with Gasteiger partial charge >= 0.3 is 5.69 Å². The molecule has 144 valence electrons. The predicted octanol–water partition coefficient (Wildman–Crippen LogP) is -1.64. The zero-order chi connectivity index (χ0) is 19.7. The Bertz CT molecular complexity index is 1040. The highest BCUT2D eigenvalue weighted by atomic mass is 16.4. The predicted molar refractivity (Wildman–Crippen MR) is 94.6 cm³/mol. The van der Waals surface area contributed by atoms with Gasteiger partial charge < -0.3 is 30.1 Å². The molecule has 0 radical (unpaired) electrons. The normalized spacial score (nSPS) is 15.1. The zero-order valence-corrected chi connectivity index (χ0v) is 14.1. The number of aromatic amines is 1. The molecule has 2 aliphatic heterocycles. The van der Waals surface area contributed by atoms with Crippen molar-refractivity contribution in [1.82, 2.24) is 14.5 Å². The Hall–Kier alpha value is -2.79. The third kappa shape index (κ3) is 3.69. The number of hydrogen-bond acceptors (Lipinski definition) is 8. The van der Waals surface area contributed by atoms with Gasteiger partial charge in [0, 0.05) is 12.6 Å². The molecular formula is C17H19N3O7. The summed E-state index contributed by atoms with van der Waals surface area (Å²) in [4.78, 5) is 29.7. The Kier molecular flexibility index (Phi) is 5.24. The molecule has 0 aliphatic carbocycles. The van der Waals surface area contributed by atoms with E-state index in [0.717, 1.165) is 0 Å². The fraction of sp³-hybridized carbons (Fsp3) is 0.353. The number of aliphatic hydroxyl groups is 4. The molecule has 2 aliphatic rings. The van der Waals surface area contributed by atoms with E-state index in [1.165, 1.54) is 22.8 Å². The maximum absolute atomic E-state index is 12.1. The van der Waals surface area contributed by atoms with Gasteiger partial charge in [0.2, 0.25) is 0 Å². The van der Waals surface area contributed by atoms with Crippen LogP contribution in [0.15, 0.2) is 33.9 Å². The van der Waals surface area contributed by atoms with E-state index in [2.05, 4.69) is 9.97 Å². The highest BCUT2D eigenvalue weighted by Crippen LogP contribution is 2.27. The molecule has 10 nitrogen and oxygen atoms in total. The summed E-state index contributed by atoms with van der Waals surface area (Å²) in [5.74, 6) is 0.0188. The lowest BCUT2D eigenvalue weighted by molar-refractivity contribution is -0.0790. The summed E-state index contributed by atoms with van der Waals surface area (Å²) in [6.45, 7) is -0.698. The van der Waals surface area contributed by atoms with Gasteiger partial charge in [-0.25, -0.2) is 4.79 Å². The second-order valence-corrected chi connectivity index (χ2v) is 6.24. The molecule has 1 aromatic rings. The number of aliphatic hydroxyl groups excluding tert-OH is 4. The van der Waals surface area contributed by atoms with Crippen LogP contribution in [0.25, 0.3) is 22.3 Å². The molecule has 0 unspecified atom stereocenters. The van der Waals surface area contributed by atoms with Crippen molar-refractivity contribution >= 4 is 10.9 Å². The van der Waals surface area contributed by atoms with Gasteiger partial charge in [0.25, 0.3) is 5.56 Å². The number of phenolic OH excluding ortho intramolecular Hbond substituents is 1. The van der Waals surface area contributed by atoms with Gasteiger partial charge in [0.15, 0.2) is 5.82 Å². The molecule has 27 heavy (non-hydrogen) atoms. The van der Waals surface area contributed by atoms with E-state index in [-0.39, 0.29) is 30.1 Å². The van der Waals surface area contributed by atoms with Crippen molar-refractivity contribution in [3.63, 3.8) is 0 Å². The van der Waals surface area contributed by atoms with Gasteiger partial charge in [-0.3, -0.25) is 9.78 Å². The quantitative estimate of drug-likeness (QED) is 0.278. The van der Waals surface area contributed by atoms with Crippen molar-refractivity contribution in [3.05, 3.63) is 45.1 Å². The minimum absolute atomic E-state index is 0.0174. The molecule has 1 aromatic carbocycles. The topological polar surface area (TPSA) is 169 Å². The molecular weight excluding hydrogens is 358 g/mol.